The molecular weight excluding hydrogens is 278 g/mol. The summed E-state index contributed by atoms with van der Waals surface area (Å²) in [5.41, 5.74) is 9.47. The molecule has 2 rings (SSSR count). The molecule has 21 heavy (non-hydrogen) atoms. The summed E-state index contributed by atoms with van der Waals surface area (Å²) in [5.74, 6) is 0. The fraction of sp³-hybridized carbons (Fsp3) is 0.471. The maximum atomic E-state index is 6.03. The number of hydrogen-bond donors (Lipinski definition) is 1. The smallest absolute Gasteiger partial charge is 0.104 e. The summed E-state index contributed by atoms with van der Waals surface area (Å²) in [4.78, 5) is 0. The van der Waals surface area contributed by atoms with Crippen molar-refractivity contribution in [3.05, 3.63) is 41.6 Å². The highest BCUT2D eigenvalue weighted by Crippen LogP contribution is 2.37. The summed E-state index contributed by atoms with van der Waals surface area (Å²) in [6.45, 7) is 10.8. The fourth-order valence-corrected chi connectivity index (χ4v) is 3.40. The third-order valence-corrected chi connectivity index (χ3v) is 4.29. The van der Waals surface area contributed by atoms with Crippen molar-refractivity contribution in [1.29, 1.82) is 0 Å². The Morgan fingerprint density at radius 1 is 1.24 bits per heavy atom. The molecule has 1 aromatic carbocycles. The van der Waals surface area contributed by atoms with Gasteiger partial charge in [-0.3, -0.25) is 0 Å². The first-order valence-corrected chi connectivity index (χ1v) is 8.18. The van der Waals surface area contributed by atoms with Crippen LogP contribution in [-0.4, -0.2) is 20.6 Å². The number of para-hydroxylation sites is 1. The highest BCUT2D eigenvalue weighted by molar-refractivity contribution is 8.00. The van der Waals surface area contributed by atoms with Crippen LogP contribution in [0.15, 0.2) is 35.4 Å². The van der Waals surface area contributed by atoms with E-state index in [1.165, 1.54) is 10.6 Å². The lowest BCUT2D eigenvalue weighted by atomic mass is 10.1. The van der Waals surface area contributed by atoms with E-state index in [1.54, 1.807) is 0 Å². The van der Waals surface area contributed by atoms with Gasteiger partial charge in [0.1, 0.15) is 5.03 Å². The zero-order valence-electron chi connectivity index (χ0n) is 13.6. The van der Waals surface area contributed by atoms with E-state index in [0.717, 1.165) is 17.8 Å². The van der Waals surface area contributed by atoms with Crippen molar-refractivity contribution in [1.82, 2.24) is 9.78 Å². The van der Waals surface area contributed by atoms with Crippen LogP contribution in [0, 0.1) is 6.92 Å². The molecule has 1 atom stereocenters. The monoisotopic (exact) mass is 303 g/mol. The van der Waals surface area contributed by atoms with Crippen molar-refractivity contribution in [2.24, 2.45) is 5.73 Å². The molecule has 2 aromatic rings. The van der Waals surface area contributed by atoms with E-state index in [0.29, 0.717) is 0 Å². The molecule has 0 aliphatic carbocycles. The van der Waals surface area contributed by atoms with Crippen LogP contribution in [0.2, 0.25) is 0 Å². The van der Waals surface area contributed by atoms with Gasteiger partial charge < -0.3 is 5.73 Å². The molecule has 0 saturated heterocycles. The molecule has 4 heteroatoms. The molecular formula is C17H25N3S. The predicted octanol–water partition coefficient (Wildman–Crippen LogP) is 3.96. The van der Waals surface area contributed by atoms with Crippen LogP contribution < -0.4 is 5.73 Å². The van der Waals surface area contributed by atoms with Gasteiger partial charge in [-0.2, -0.15) is 5.10 Å². The molecule has 0 aliphatic heterocycles. The zero-order chi connectivity index (χ0) is 15.6. The summed E-state index contributed by atoms with van der Waals surface area (Å²) in [5, 5.41) is 5.97. The van der Waals surface area contributed by atoms with Gasteiger partial charge in [0.25, 0.3) is 0 Å². The van der Waals surface area contributed by atoms with Crippen LogP contribution in [0.3, 0.4) is 0 Å². The predicted molar refractivity (Wildman–Crippen MR) is 91.3 cm³/mol. The van der Waals surface area contributed by atoms with Crippen LogP contribution in [0.5, 0.6) is 0 Å². The number of rotatable bonds is 4. The number of aromatic nitrogens is 2. The van der Waals surface area contributed by atoms with Gasteiger partial charge >= 0.3 is 0 Å². The van der Waals surface area contributed by atoms with Gasteiger partial charge in [0.2, 0.25) is 0 Å². The van der Waals surface area contributed by atoms with Crippen molar-refractivity contribution < 1.29 is 0 Å². The average Bonchev–Trinajstić information content (AvgIpc) is 2.66. The van der Waals surface area contributed by atoms with Gasteiger partial charge in [-0.25, -0.2) is 4.68 Å². The zero-order valence-corrected chi connectivity index (χ0v) is 14.4. The van der Waals surface area contributed by atoms with Gasteiger partial charge in [0, 0.05) is 16.4 Å². The van der Waals surface area contributed by atoms with Crippen LogP contribution >= 0.6 is 11.8 Å². The van der Waals surface area contributed by atoms with Crippen molar-refractivity contribution in [3.8, 4) is 5.69 Å². The van der Waals surface area contributed by atoms with Gasteiger partial charge in [-0.15, -0.1) is 11.8 Å². The largest absolute Gasteiger partial charge is 0.328 e. The number of thioether (sulfide) groups is 1. The minimum absolute atomic E-state index is 0.131. The quantitative estimate of drug-likeness (QED) is 0.869. The maximum absolute atomic E-state index is 6.03. The molecule has 0 amide bonds. The number of nitrogens with zero attached hydrogens (tertiary/aromatic N) is 2. The summed E-state index contributed by atoms with van der Waals surface area (Å²) in [7, 11) is 0. The Balaban J connectivity index is 2.54. The van der Waals surface area contributed by atoms with E-state index in [-0.39, 0.29) is 10.8 Å². The Hall–Kier alpha value is -1.26. The Bertz CT molecular complexity index is 594. The van der Waals surface area contributed by atoms with Gasteiger partial charge in [-0.1, -0.05) is 39.0 Å². The Labute approximate surface area is 131 Å². The van der Waals surface area contributed by atoms with E-state index in [4.69, 9.17) is 10.8 Å². The van der Waals surface area contributed by atoms with Crippen LogP contribution in [0.1, 0.15) is 39.0 Å². The maximum Gasteiger partial charge on any atom is 0.104 e. The average molecular weight is 303 g/mol. The summed E-state index contributed by atoms with van der Waals surface area (Å²) in [6.07, 6.45) is 0.858. The molecule has 3 nitrogen and oxygen atoms in total. The normalized spacial score (nSPS) is 13.4. The molecule has 0 aliphatic rings. The van der Waals surface area contributed by atoms with Crippen molar-refractivity contribution in [2.45, 2.75) is 56.9 Å². The molecule has 0 bridgehead atoms. The third-order valence-electron chi connectivity index (χ3n) is 3.07. The molecule has 0 radical (unpaired) electrons. The second kappa shape index (κ2) is 6.24. The highest BCUT2D eigenvalue weighted by Gasteiger charge is 2.23. The Morgan fingerprint density at radius 2 is 1.86 bits per heavy atom. The number of hydrogen-bond acceptors (Lipinski definition) is 3. The minimum Gasteiger partial charge on any atom is -0.328 e. The first kappa shape index (κ1) is 16.1. The van der Waals surface area contributed by atoms with Gasteiger partial charge in [0.05, 0.1) is 11.4 Å². The standard InChI is InChI=1S/C17H25N3S/c1-12(18)11-15-13(2)19-20(14-9-7-6-8-10-14)16(15)21-17(3,4)5/h6-10,12H,11,18H2,1-5H3. The lowest BCUT2D eigenvalue weighted by Crippen LogP contribution is -2.19. The highest BCUT2D eigenvalue weighted by atomic mass is 32.2. The first-order chi connectivity index (χ1) is 9.78. The topological polar surface area (TPSA) is 43.8 Å². The summed E-state index contributed by atoms with van der Waals surface area (Å²) in [6, 6.07) is 10.4. The molecule has 1 heterocycles. The second-order valence-electron chi connectivity index (χ2n) is 6.51. The van der Waals surface area contributed by atoms with Crippen molar-refractivity contribution >= 4 is 11.8 Å². The molecule has 2 N–H and O–H groups in total. The number of nitrogens with two attached hydrogens (primary N) is 1. The first-order valence-electron chi connectivity index (χ1n) is 7.36. The molecule has 0 spiro atoms. The van der Waals surface area contributed by atoms with E-state index in [9.17, 15) is 0 Å². The summed E-state index contributed by atoms with van der Waals surface area (Å²) >= 11 is 1.86. The van der Waals surface area contributed by atoms with Crippen molar-refractivity contribution in [3.63, 3.8) is 0 Å². The van der Waals surface area contributed by atoms with Crippen LogP contribution in [-0.2, 0) is 6.42 Å². The molecule has 1 unspecified atom stereocenters. The SMILES string of the molecule is Cc1nn(-c2ccccc2)c(SC(C)(C)C)c1CC(C)N. The summed E-state index contributed by atoms with van der Waals surface area (Å²) < 4.78 is 2.19. The molecule has 0 fully saturated rings. The minimum atomic E-state index is 0.131. The second-order valence-corrected chi connectivity index (χ2v) is 8.33. The van der Waals surface area contributed by atoms with E-state index < -0.39 is 0 Å². The number of benzene rings is 1. The van der Waals surface area contributed by atoms with Gasteiger partial charge in [0.15, 0.2) is 0 Å². The van der Waals surface area contributed by atoms with E-state index in [1.807, 2.05) is 36.9 Å². The van der Waals surface area contributed by atoms with Gasteiger partial charge in [-0.05, 0) is 32.4 Å². The molecule has 0 saturated carbocycles. The van der Waals surface area contributed by atoms with Crippen LogP contribution in [0.4, 0.5) is 0 Å². The van der Waals surface area contributed by atoms with E-state index >= 15 is 0 Å². The molecule has 1 aromatic heterocycles. The lowest BCUT2D eigenvalue weighted by molar-refractivity contribution is 0.713. The third kappa shape index (κ3) is 4.11. The van der Waals surface area contributed by atoms with Crippen LogP contribution in [0.25, 0.3) is 5.69 Å². The van der Waals surface area contributed by atoms with Crippen molar-refractivity contribution in [2.75, 3.05) is 0 Å². The number of aryl methyl sites for hydroxylation is 1. The fourth-order valence-electron chi connectivity index (χ4n) is 2.23. The Morgan fingerprint density at radius 3 is 2.38 bits per heavy atom. The lowest BCUT2D eigenvalue weighted by Gasteiger charge is -2.20. The molecule has 114 valence electrons. The van der Waals surface area contributed by atoms with E-state index in [2.05, 4.69) is 44.5 Å². The Kier molecular flexibility index (Phi) is 4.79.